The molecule has 38 heavy (non-hydrogen) atoms. The molecule has 1 unspecified atom stereocenters. The molecule has 8 nitrogen and oxygen atoms in total. The molecule has 0 heterocycles. The maximum Gasteiger partial charge on any atom is 0.327 e. The lowest BCUT2D eigenvalue weighted by Gasteiger charge is -2.29. The summed E-state index contributed by atoms with van der Waals surface area (Å²) in [5, 5.41) is 23.5. The summed E-state index contributed by atoms with van der Waals surface area (Å²) in [6.07, 6.45) is -0.0224. The van der Waals surface area contributed by atoms with Gasteiger partial charge in [-0.25, -0.2) is 4.79 Å². The minimum Gasteiger partial charge on any atom is -0.481 e. The van der Waals surface area contributed by atoms with Gasteiger partial charge in [-0.15, -0.1) is 0 Å². The van der Waals surface area contributed by atoms with E-state index in [1.807, 2.05) is 61.5 Å². The second kappa shape index (κ2) is 12.1. The van der Waals surface area contributed by atoms with Gasteiger partial charge in [-0.1, -0.05) is 66.4 Å². The van der Waals surface area contributed by atoms with E-state index in [2.05, 4.69) is 5.32 Å². The van der Waals surface area contributed by atoms with Crippen molar-refractivity contribution < 1.29 is 19.6 Å². The average Bonchev–Trinajstić information content (AvgIpc) is 2.91. The van der Waals surface area contributed by atoms with Crippen LogP contribution in [0.4, 0.5) is 21.9 Å². The lowest BCUT2D eigenvalue weighted by molar-refractivity contribution is -0.384. The van der Waals surface area contributed by atoms with E-state index in [1.54, 1.807) is 42.5 Å². The Balaban J connectivity index is 1.53. The second-order valence-corrected chi connectivity index (χ2v) is 9.62. The number of hydrogen-bond acceptors (Lipinski definition) is 5. The highest BCUT2D eigenvalue weighted by atomic mass is 32.2. The van der Waals surface area contributed by atoms with Gasteiger partial charge in [-0.05, 0) is 60.5 Å². The van der Waals surface area contributed by atoms with Gasteiger partial charge >= 0.3 is 12.0 Å². The van der Waals surface area contributed by atoms with Crippen LogP contribution in [-0.2, 0) is 11.2 Å². The Morgan fingerprint density at radius 3 is 2.08 bits per heavy atom. The molecule has 0 spiro atoms. The first-order valence-corrected chi connectivity index (χ1v) is 12.6. The molecule has 0 saturated carbocycles. The van der Waals surface area contributed by atoms with Gasteiger partial charge < -0.3 is 10.4 Å². The molecular formula is C29H25N3O5S. The van der Waals surface area contributed by atoms with Crippen LogP contribution < -0.4 is 10.2 Å². The summed E-state index contributed by atoms with van der Waals surface area (Å²) in [4.78, 5) is 38.9. The highest BCUT2D eigenvalue weighted by molar-refractivity contribution is 7.99. The summed E-state index contributed by atoms with van der Waals surface area (Å²) in [6, 6.07) is 29.1. The third kappa shape index (κ3) is 6.57. The van der Waals surface area contributed by atoms with Crippen molar-refractivity contribution in [2.24, 2.45) is 0 Å². The van der Waals surface area contributed by atoms with Crippen LogP contribution in [-0.4, -0.2) is 22.0 Å². The normalized spacial score (nSPS) is 11.4. The number of hydrogen-bond donors (Lipinski definition) is 2. The zero-order valence-corrected chi connectivity index (χ0v) is 21.3. The first kappa shape index (κ1) is 26.4. The molecule has 0 aliphatic carbocycles. The Kier molecular flexibility index (Phi) is 8.40. The largest absolute Gasteiger partial charge is 0.481 e. The molecule has 0 aliphatic rings. The van der Waals surface area contributed by atoms with E-state index in [0.717, 1.165) is 20.9 Å². The van der Waals surface area contributed by atoms with E-state index in [4.69, 9.17) is 5.11 Å². The third-order valence-corrected chi connectivity index (χ3v) is 6.86. The number of nitro benzene ring substituents is 1. The van der Waals surface area contributed by atoms with Crippen LogP contribution in [0.5, 0.6) is 0 Å². The first-order chi connectivity index (χ1) is 18.3. The topological polar surface area (TPSA) is 113 Å². The number of aliphatic carboxylic acids is 1. The molecule has 2 amide bonds. The van der Waals surface area contributed by atoms with E-state index in [1.165, 1.54) is 22.7 Å². The van der Waals surface area contributed by atoms with E-state index in [0.29, 0.717) is 5.69 Å². The van der Waals surface area contributed by atoms with Crippen LogP contribution in [0.3, 0.4) is 0 Å². The molecule has 0 aliphatic heterocycles. The Morgan fingerprint density at radius 1 is 0.895 bits per heavy atom. The van der Waals surface area contributed by atoms with Crippen molar-refractivity contribution in [3.8, 4) is 0 Å². The molecule has 0 bridgehead atoms. The van der Waals surface area contributed by atoms with Crippen LogP contribution in [0.2, 0.25) is 0 Å². The standard InChI is InChI=1S/C29H25N3O5S/c1-20(22-7-3-2-4-8-22)31(26-9-5-6-10-27(26)32(36)37)29(35)30-23-13-17-25(18-14-23)38-24-15-11-21(12-16-24)19-28(33)34/h2-18,20H,19H2,1H3,(H,30,35)(H,33,34). The first-order valence-electron chi connectivity index (χ1n) is 11.8. The van der Waals surface area contributed by atoms with Crippen molar-refractivity contribution in [3.63, 3.8) is 0 Å². The van der Waals surface area contributed by atoms with Crippen molar-refractivity contribution >= 4 is 40.8 Å². The van der Waals surface area contributed by atoms with E-state index < -0.39 is 23.0 Å². The Labute approximate surface area is 224 Å². The van der Waals surface area contributed by atoms with Crippen molar-refractivity contribution in [2.45, 2.75) is 29.2 Å². The zero-order valence-electron chi connectivity index (χ0n) is 20.5. The molecule has 192 valence electrons. The monoisotopic (exact) mass is 527 g/mol. The number of anilines is 2. The number of urea groups is 1. The third-order valence-electron chi connectivity index (χ3n) is 5.85. The number of para-hydroxylation sites is 2. The number of carboxylic acids is 1. The molecule has 4 aromatic carbocycles. The average molecular weight is 528 g/mol. The van der Waals surface area contributed by atoms with Crippen molar-refractivity contribution in [3.05, 3.63) is 124 Å². The molecule has 0 saturated heterocycles. The number of nitro groups is 1. The van der Waals surface area contributed by atoms with Crippen molar-refractivity contribution in [2.75, 3.05) is 10.2 Å². The molecule has 1 atom stereocenters. The van der Waals surface area contributed by atoms with E-state index >= 15 is 0 Å². The maximum absolute atomic E-state index is 13.5. The number of amides is 2. The summed E-state index contributed by atoms with van der Waals surface area (Å²) in [5.41, 5.74) is 2.14. The van der Waals surface area contributed by atoms with Gasteiger partial charge in [0.05, 0.1) is 17.4 Å². The molecule has 0 fully saturated rings. The van der Waals surface area contributed by atoms with Crippen LogP contribution in [0.25, 0.3) is 0 Å². The number of carbonyl (C=O) groups excluding carboxylic acids is 1. The predicted molar refractivity (Wildman–Crippen MR) is 148 cm³/mol. The van der Waals surface area contributed by atoms with Gasteiger partial charge in [0.1, 0.15) is 5.69 Å². The van der Waals surface area contributed by atoms with Gasteiger partial charge in [0.2, 0.25) is 0 Å². The molecular weight excluding hydrogens is 502 g/mol. The number of nitrogens with zero attached hydrogens (tertiary/aromatic N) is 2. The molecule has 0 radical (unpaired) electrons. The van der Waals surface area contributed by atoms with Gasteiger partial charge in [-0.2, -0.15) is 0 Å². The van der Waals surface area contributed by atoms with Crippen LogP contribution in [0.1, 0.15) is 24.1 Å². The fraction of sp³-hybridized carbons (Fsp3) is 0.103. The Hall–Kier alpha value is -4.63. The fourth-order valence-corrected chi connectivity index (χ4v) is 4.79. The maximum atomic E-state index is 13.5. The highest BCUT2D eigenvalue weighted by Gasteiger charge is 2.29. The van der Waals surface area contributed by atoms with Crippen LogP contribution >= 0.6 is 11.8 Å². The van der Waals surface area contributed by atoms with E-state index in [-0.39, 0.29) is 17.8 Å². The minimum absolute atomic E-state index is 0.0224. The smallest absolute Gasteiger partial charge is 0.327 e. The second-order valence-electron chi connectivity index (χ2n) is 8.47. The number of carboxylic acid groups (broad SMARTS) is 1. The SMILES string of the molecule is CC(c1ccccc1)N(C(=O)Nc1ccc(Sc2ccc(CC(=O)O)cc2)cc1)c1ccccc1[N+](=O)[O-]. The molecule has 2 N–H and O–H groups in total. The van der Waals surface area contributed by atoms with Gasteiger partial charge in [-0.3, -0.25) is 19.8 Å². The number of nitrogens with one attached hydrogen (secondary N) is 1. The van der Waals surface area contributed by atoms with Gasteiger partial charge in [0.15, 0.2) is 0 Å². The summed E-state index contributed by atoms with van der Waals surface area (Å²) in [6.45, 7) is 1.83. The Bertz CT molecular complexity index is 1430. The van der Waals surface area contributed by atoms with E-state index in [9.17, 15) is 19.7 Å². The highest BCUT2D eigenvalue weighted by Crippen LogP contribution is 2.35. The van der Waals surface area contributed by atoms with Crippen LogP contribution in [0, 0.1) is 10.1 Å². The number of carbonyl (C=O) groups is 2. The summed E-state index contributed by atoms with van der Waals surface area (Å²) in [5.74, 6) is -0.873. The summed E-state index contributed by atoms with van der Waals surface area (Å²) >= 11 is 1.51. The van der Waals surface area contributed by atoms with Crippen molar-refractivity contribution in [1.82, 2.24) is 0 Å². The minimum atomic E-state index is -0.873. The molecule has 0 aromatic heterocycles. The lowest BCUT2D eigenvalue weighted by atomic mass is 10.1. The molecule has 4 rings (SSSR count). The van der Waals surface area contributed by atoms with Crippen LogP contribution in [0.15, 0.2) is 113 Å². The quantitative estimate of drug-likeness (QED) is 0.176. The summed E-state index contributed by atoms with van der Waals surface area (Å²) in [7, 11) is 0. The molecule has 4 aromatic rings. The van der Waals surface area contributed by atoms with Gasteiger partial charge in [0, 0.05) is 21.5 Å². The number of benzene rings is 4. The fourth-order valence-electron chi connectivity index (χ4n) is 3.97. The summed E-state index contributed by atoms with van der Waals surface area (Å²) < 4.78 is 0. The lowest BCUT2D eigenvalue weighted by Crippen LogP contribution is -2.37. The Morgan fingerprint density at radius 2 is 1.47 bits per heavy atom. The van der Waals surface area contributed by atoms with Gasteiger partial charge in [0.25, 0.3) is 5.69 Å². The van der Waals surface area contributed by atoms with Crippen molar-refractivity contribution in [1.29, 1.82) is 0 Å². The predicted octanol–water partition coefficient (Wildman–Crippen LogP) is 7.17. The zero-order chi connectivity index (χ0) is 27.1. The number of rotatable bonds is 9. The molecule has 9 heteroatoms.